The standard InChI is InChI=1S/C14H20N2O3/c1-10-2-3-12(17)11(8-10)13(18)16-14(9-15)4-6-19-7-5-14/h2-3,8,17H,4-7,9,15H2,1H3,(H,16,18). The summed E-state index contributed by atoms with van der Waals surface area (Å²) in [7, 11) is 0. The molecule has 1 aromatic rings. The van der Waals surface area contributed by atoms with Crippen LogP contribution in [0.4, 0.5) is 0 Å². The summed E-state index contributed by atoms with van der Waals surface area (Å²) in [5.74, 6) is -0.295. The van der Waals surface area contributed by atoms with E-state index in [-0.39, 0.29) is 11.7 Å². The Hall–Kier alpha value is -1.59. The summed E-state index contributed by atoms with van der Waals surface area (Å²) < 4.78 is 5.30. The van der Waals surface area contributed by atoms with Crippen molar-refractivity contribution in [3.8, 4) is 5.75 Å². The zero-order chi connectivity index (χ0) is 13.9. The van der Waals surface area contributed by atoms with Crippen LogP contribution in [0, 0.1) is 6.92 Å². The molecule has 0 aromatic heterocycles. The van der Waals surface area contributed by atoms with Gasteiger partial charge in [-0.1, -0.05) is 11.6 Å². The number of hydrogen-bond donors (Lipinski definition) is 3. The molecule has 1 amide bonds. The number of phenolic OH excluding ortho intramolecular Hbond substituents is 1. The Bertz CT molecular complexity index is 468. The highest BCUT2D eigenvalue weighted by molar-refractivity contribution is 5.97. The summed E-state index contributed by atoms with van der Waals surface area (Å²) in [5, 5.41) is 12.7. The minimum Gasteiger partial charge on any atom is -0.507 e. The Morgan fingerprint density at radius 1 is 1.47 bits per heavy atom. The summed E-state index contributed by atoms with van der Waals surface area (Å²) in [6.45, 7) is 3.44. The fraction of sp³-hybridized carbons (Fsp3) is 0.500. The zero-order valence-electron chi connectivity index (χ0n) is 11.1. The average molecular weight is 264 g/mol. The fourth-order valence-corrected chi connectivity index (χ4v) is 2.28. The topological polar surface area (TPSA) is 84.6 Å². The molecule has 104 valence electrons. The highest BCUT2D eigenvalue weighted by Gasteiger charge is 2.33. The van der Waals surface area contributed by atoms with Gasteiger partial charge < -0.3 is 20.9 Å². The summed E-state index contributed by atoms with van der Waals surface area (Å²) in [6, 6.07) is 4.97. The second-order valence-corrected chi connectivity index (χ2v) is 5.07. The van der Waals surface area contributed by atoms with E-state index >= 15 is 0 Å². The highest BCUT2D eigenvalue weighted by atomic mass is 16.5. The third kappa shape index (κ3) is 3.05. The van der Waals surface area contributed by atoms with Gasteiger partial charge in [0.25, 0.3) is 5.91 Å². The van der Waals surface area contributed by atoms with Gasteiger partial charge in [0, 0.05) is 19.8 Å². The van der Waals surface area contributed by atoms with Gasteiger partial charge in [-0.15, -0.1) is 0 Å². The van der Waals surface area contributed by atoms with Gasteiger partial charge in [-0.05, 0) is 31.9 Å². The third-order valence-electron chi connectivity index (χ3n) is 3.62. The minimum atomic E-state index is -0.425. The van der Waals surface area contributed by atoms with Gasteiger partial charge in [0.1, 0.15) is 5.75 Å². The van der Waals surface area contributed by atoms with Crippen LogP contribution in [0.3, 0.4) is 0 Å². The lowest BCUT2D eigenvalue weighted by Crippen LogP contribution is -2.56. The Morgan fingerprint density at radius 2 is 2.16 bits per heavy atom. The first-order chi connectivity index (χ1) is 9.06. The number of aromatic hydroxyl groups is 1. The lowest BCUT2D eigenvalue weighted by molar-refractivity contribution is 0.0388. The molecular formula is C14H20N2O3. The largest absolute Gasteiger partial charge is 0.507 e. The van der Waals surface area contributed by atoms with Crippen LogP contribution in [0.5, 0.6) is 5.75 Å². The Kier molecular flexibility index (Phi) is 4.07. The first-order valence-electron chi connectivity index (χ1n) is 6.46. The molecule has 0 spiro atoms. The fourth-order valence-electron chi connectivity index (χ4n) is 2.28. The average Bonchev–Trinajstić information content (AvgIpc) is 2.42. The number of ether oxygens (including phenoxy) is 1. The molecule has 1 aliphatic heterocycles. The van der Waals surface area contributed by atoms with Crippen molar-refractivity contribution in [3.05, 3.63) is 29.3 Å². The van der Waals surface area contributed by atoms with Crippen molar-refractivity contribution in [3.63, 3.8) is 0 Å². The van der Waals surface area contributed by atoms with Crippen LogP contribution in [-0.2, 0) is 4.74 Å². The first-order valence-corrected chi connectivity index (χ1v) is 6.46. The van der Waals surface area contributed by atoms with Crippen molar-refractivity contribution in [2.24, 2.45) is 5.73 Å². The van der Waals surface area contributed by atoms with E-state index < -0.39 is 5.54 Å². The molecule has 2 rings (SSSR count). The molecule has 19 heavy (non-hydrogen) atoms. The molecule has 0 atom stereocenters. The van der Waals surface area contributed by atoms with Crippen molar-refractivity contribution in [2.75, 3.05) is 19.8 Å². The van der Waals surface area contributed by atoms with E-state index in [9.17, 15) is 9.90 Å². The monoisotopic (exact) mass is 264 g/mol. The molecular weight excluding hydrogens is 244 g/mol. The predicted molar refractivity (Wildman–Crippen MR) is 72.1 cm³/mol. The van der Waals surface area contributed by atoms with Crippen molar-refractivity contribution in [2.45, 2.75) is 25.3 Å². The molecule has 4 N–H and O–H groups in total. The van der Waals surface area contributed by atoms with Crippen molar-refractivity contribution in [1.29, 1.82) is 0 Å². The van der Waals surface area contributed by atoms with Crippen LogP contribution in [0.15, 0.2) is 18.2 Å². The molecule has 5 nitrogen and oxygen atoms in total. The van der Waals surface area contributed by atoms with E-state index in [4.69, 9.17) is 10.5 Å². The number of hydrogen-bond acceptors (Lipinski definition) is 4. The van der Waals surface area contributed by atoms with E-state index in [0.29, 0.717) is 38.2 Å². The number of nitrogens with two attached hydrogens (primary N) is 1. The number of benzene rings is 1. The molecule has 1 heterocycles. The number of carbonyl (C=O) groups excluding carboxylic acids is 1. The minimum absolute atomic E-state index is 0.0117. The molecule has 0 saturated carbocycles. The van der Waals surface area contributed by atoms with Gasteiger partial charge in [-0.3, -0.25) is 4.79 Å². The molecule has 1 aliphatic rings. The molecule has 1 saturated heterocycles. The number of carbonyl (C=O) groups is 1. The van der Waals surface area contributed by atoms with Crippen LogP contribution in [-0.4, -0.2) is 36.3 Å². The molecule has 0 bridgehead atoms. The maximum absolute atomic E-state index is 12.3. The van der Waals surface area contributed by atoms with Crippen LogP contribution in [0.1, 0.15) is 28.8 Å². The molecule has 0 aliphatic carbocycles. The second-order valence-electron chi connectivity index (χ2n) is 5.07. The van der Waals surface area contributed by atoms with Gasteiger partial charge >= 0.3 is 0 Å². The van der Waals surface area contributed by atoms with Gasteiger partial charge in [-0.25, -0.2) is 0 Å². The quantitative estimate of drug-likeness (QED) is 0.758. The molecule has 0 unspecified atom stereocenters. The van der Waals surface area contributed by atoms with Crippen LogP contribution in [0.2, 0.25) is 0 Å². The van der Waals surface area contributed by atoms with E-state index in [1.807, 2.05) is 6.92 Å². The van der Waals surface area contributed by atoms with Crippen LogP contribution in [0.25, 0.3) is 0 Å². The van der Waals surface area contributed by atoms with Gasteiger partial charge in [0.2, 0.25) is 0 Å². The summed E-state index contributed by atoms with van der Waals surface area (Å²) in [4.78, 5) is 12.3. The normalized spacial score (nSPS) is 18.0. The first kappa shape index (κ1) is 13.8. The van der Waals surface area contributed by atoms with Gasteiger partial charge in [-0.2, -0.15) is 0 Å². The number of amides is 1. The van der Waals surface area contributed by atoms with E-state index in [0.717, 1.165) is 5.56 Å². The number of nitrogens with one attached hydrogen (secondary N) is 1. The lowest BCUT2D eigenvalue weighted by Gasteiger charge is -2.37. The van der Waals surface area contributed by atoms with E-state index in [1.54, 1.807) is 12.1 Å². The SMILES string of the molecule is Cc1ccc(O)c(C(=O)NC2(CN)CCOCC2)c1. The smallest absolute Gasteiger partial charge is 0.255 e. The number of aryl methyl sites for hydroxylation is 1. The van der Waals surface area contributed by atoms with Gasteiger partial charge in [0.15, 0.2) is 0 Å². The number of rotatable bonds is 3. The molecule has 1 fully saturated rings. The molecule has 0 radical (unpaired) electrons. The summed E-state index contributed by atoms with van der Waals surface area (Å²) in [6.07, 6.45) is 1.39. The van der Waals surface area contributed by atoms with Gasteiger partial charge in [0.05, 0.1) is 11.1 Å². The highest BCUT2D eigenvalue weighted by Crippen LogP contribution is 2.23. The van der Waals surface area contributed by atoms with Crippen LogP contribution >= 0.6 is 0 Å². The van der Waals surface area contributed by atoms with E-state index in [2.05, 4.69) is 5.32 Å². The Morgan fingerprint density at radius 3 is 2.79 bits per heavy atom. The van der Waals surface area contributed by atoms with Crippen molar-refractivity contribution >= 4 is 5.91 Å². The summed E-state index contributed by atoms with van der Waals surface area (Å²) in [5.41, 5.74) is 6.59. The summed E-state index contributed by atoms with van der Waals surface area (Å²) >= 11 is 0. The zero-order valence-corrected chi connectivity index (χ0v) is 11.1. The third-order valence-corrected chi connectivity index (χ3v) is 3.62. The van der Waals surface area contributed by atoms with Crippen molar-refractivity contribution in [1.82, 2.24) is 5.32 Å². The second kappa shape index (κ2) is 5.59. The Labute approximate surface area is 112 Å². The number of phenols is 1. The molecule has 1 aromatic carbocycles. The predicted octanol–water partition coefficient (Wildman–Crippen LogP) is 0.938. The maximum Gasteiger partial charge on any atom is 0.255 e. The van der Waals surface area contributed by atoms with E-state index in [1.165, 1.54) is 6.07 Å². The van der Waals surface area contributed by atoms with Crippen LogP contribution < -0.4 is 11.1 Å². The lowest BCUT2D eigenvalue weighted by atomic mass is 9.89. The maximum atomic E-state index is 12.3. The van der Waals surface area contributed by atoms with Crippen molar-refractivity contribution < 1.29 is 14.6 Å². The Balaban J connectivity index is 2.17. The molecule has 5 heteroatoms.